The molecule has 0 spiro atoms. The number of nitrogens with zero attached hydrogens (tertiary/aromatic N) is 6. The second-order valence-electron chi connectivity index (χ2n) is 5.28. The summed E-state index contributed by atoms with van der Waals surface area (Å²) in [7, 11) is -3.43. The monoisotopic (exact) mass is 335 g/mol. The Hall–Kier alpha value is -2.33. The van der Waals surface area contributed by atoms with Crippen LogP contribution in [0.5, 0.6) is 0 Å². The van der Waals surface area contributed by atoms with E-state index < -0.39 is 10.0 Å². The third-order valence-electron chi connectivity index (χ3n) is 3.78. The molecule has 0 amide bonds. The van der Waals surface area contributed by atoms with Crippen molar-refractivity contribution >= 4 is 32.8 Å². The van der Waals surface area contributed by atoms with Gasteiger partial charge in [-0.2, -0.15) is 4.31 Å². The molecule has 2 aromatic rings. The van der Waals surface area contributed by atoms with Crippen molar-refractivity contribution < 1.29 is 8.42 Å². The van der Waals surface area contributed by atoms with Crippen molar-refractivity contribution in [2.75, 3.05) is 30.3 Å². The van der Waals surface area contributed by atoms with Crippen LogP contribution >= 0.6 is 0 Å². The number of sulfonamides is 1. The first-order valence-corrected chi connectivity index (χ1v) is 8.55. The molecule has 122 valence electrons. The number of piperazine rings is 1. The number of hydrogen-bond donors (Lipinski definition) is 1. The Morgan fingerprint density at radius 2 is 2.13 bits per heavy atom. The summed E-state index contributed by atoms with van der Waals surface area (Å²) >= 11 is 0. The topological polar surface area (TPSA) is 118 Å². The number of fused-ring (bicyclic) bond motifs is 1. The second kappa shape index (κ2) is 5.70. The minimum Gasteiger partial charge on any atom is -0.382 e. The van der Waals surface area contributed by atoms with Crippen LogP contribution in [0.4, 0.5) is 11.8 Å². The second-order valence-corrected chi connectivity index (χ2v) is 7.11. The van der Waals surface area contributed by atoms with Gasteiger partial charge in [0.2, 0.25) is 16.0 Å². The predicted octanol–water partition coefficient (Wildman–Crippen LogP) is -0.0142. The molecule has 2 aromatic heterocycles. The van der Waals surface area contributed by atoms with Gasteiger partial charge >= 0.3 is 0 Å². The summed E-state index contributed by atoms with van der Waals surface area (Å²) in [4.78, 5) is 18.6. The van der Waals surface area contributed by atoms with E-state index in [9.17, 15) is 8.42 Å². The number of rotatable bonds is 3. The van der Waals surface area contributed by atoms with Gasteiger partial charge in [-0.15, -0.1) is 0 Å². The van der Waals surface area contributed by atoms with E-state index in [1.54, 1.807) is 6.20 Å². The molecule has 3 rings (SSSR count). The van der Waals surface area contributed by atoms with Crippen LogP contribution in [0.1, 0.15) is 6.92 Å². The Morgan fingerprint density at radius 3 is 2.83 bits per heavy atom. The fraction of sp³-hybridized carbons (Fsp3) is 0.385. The van der Waals surface area contributed by atoms with E-state index in [2.05, 4.69) is 26.5 Å². The molecule has 0 bridgehead atoms. The maximum atomic E-state index is 12.0. The first-order chi connectivity index (χ1) is 10.9. The number of nitrogens with two attached hydrogens (primary N) is 1. The molecule has 1 aliphatic heterocycles. The molecule has 2 N–H and O–H groups in total. The van der Waals surface area contributed by atoms with Gasteiger partial charge in [-0.3, -0.25) is 0 Å². The first-order valence-electron chi connectivity index (χ1n) is 7.05. The van der Waals surface area contributed by atoms with Crippen LogP contribution in [0.15, 0.2) is 24.5 Å². The van der Waals surface area contributed by atoms with E-state index in [0.29, 0.717) is 42.4 Å². The fourth-order valence-electron chi connectivity index (χ4n) is 2.61. The lowest BCUT2D eigenvalue weighted by molar-refractivity contribution is 0.308. The highest BCUT2D eigenvalue weighted by atomic mass is 32.2. The highest BCUT2D eigenvalue weighted by molar-refractivity contribution is 7.92. The lowest BCUT2D eigenvalue weighted by atomic mass is 10.2. The van der Waals surface area contributed by atoms with Crippen LogP contribution in [0.3, 0.4) is 0 Å². The van der Waals surface area contributed by atoms with E-state index in [0.717, 1.165) is 5.41 Å². The van der Waals surface area contributed by atoms with Crippen molar-refractivity contribution in [2.45, 2.75) is 13.0 Å². The average molecular weight is 335 g/mol. The van der Waals surface area contributed by atoms with Crippen molar-refractivity contribution in [1.82, 2.24) is 24.2 Å². The van der Waals surface area contributed by atoms with E-state index >= 15 is 0 Å². The minimum atomic E-state index is -3.43. The Balaban J connectivity index is 1.87. The molecule has 0 aliphatic carbocycles. The van der Waals surface area contributed by atoms with Crippen molar-refractivity contribution in [3.8, 4) is 0 Å². The van der Waals surface area contributed by atoms with Gasteiger partial charge in [-0.05, 0) is 6.92 Å². The van der Waals surface area contributed by atoms with E-state index in [1.165, 1.54) is 10.6 Å². The Bertz CT molecular complexity index is 855. The Labute approximate surface area is 133 Å². The van der Waals surface area contributed by atoms with E-state index in [1.807, 2.05) is 11.8 Å². The van der Waals surface area contributed by atoms with Gasteiger partial charge in [-0.25, -0.2) is 28.4 Å². The molecule has 1 saturated heterocycles. The summed E-state index contributed by atoms with van der Waals surface area (Å²) in [6, 6.07) is -0.213. The molecule has 1 atom stereocenters. The number of nitrogen functional groups attached to an aromatic ring is 1. The summed E-state index contributed by atoms with van der Waals surface area (Å²) in [6.45, 7) is 6.51. The van der Waals surface area contributed by atoms with Gasteiger partial charge in [0.1, 0.15) is 17.4 Å². The summed E-state index contributed by atoms with van der Waals surface area (Å²) in [5, 5.41) is 0.976. The predicted molar refractivity (Wildman–Crippen MR) is 87.0 cm³/mol. The van der Waals surface area contributed by atoms with Crippen molar-refractivity contribution in [3.05, 3.63) is 24.5 Å². The van der Waals surface area contributed by atoms with Crippen molar-refractivity contribution in [3.63, 3.8) is 0 Å². The Kier molecular flexibility index (Phi) is 3.86. The van der Waals surface area contributed by atoms with Crippen LogP contribution in [0, 0.1) is 0 Å². The van der Waals surface area contributed by atoms with Crippen molar-refractivity contribution in [1.29, 1.82) is 0 Å². The lowest BCUT2D eigenvalue weighted by Crippen LogP contribution is -2.53. The quantitative estimate of drug-likeness (QED) is 0.832. The SMILES string of the molecule is C=CS(=O)(=O)N1CCN(c2ncc3ncnc(N)c3n2)CC1C. The Morgan fingerprint density at radius 1 is 1.35 bits per heavy atom. The maximum absolute atomic E-state index is 12.0. The molecular weight excluding hydrogens is 318 g/mol. The molecule has 0 saturated carbocycles. The molecule has 3 heterocycles. The minimum absolute atomic E-state index is 0.213. The smallest absolute Gasteiger partial charge is 0.235 e. The first kappa shape index (κ1) is 15.6. The van der Waals surface area contributed by atoms with Gasteiger partial charge in [0.05, 0.1) is 6.20 Å². The molecule has 1 aliphatic rings. The third-order valence-corrected chi connectivity index (χ3v) is 5.40. The largest absolute Gasteiger partial charge is 0.382 e. The zero-order valence-electron chi connectivity index (χ0n) is 12.6. The fourth-order valence-corrected chi connectivity index (χ4v) is 3.71. The van der Waals surface area contributed by atoms with E-state index in [4.69, 9.17) is 5.73 Å². The van der Waals surface area contributed by atoms with Gasteiger partial charge in [0, 0.05) is 31.1 Å². The molecule has 9 nitrogen and oxygen atoms in total. The van der Waals surface area contributed by atoms with Crippen LogP contribution in [-0.4, -0.2) is 58.3 Å². The number of anilines is 2. The molecule has 1 fully saturated rings. The van der Waals surface area contributed by atoms with Crippen molar-refractivity contribution in [2.24, 2.45) is 0 Å². The third kappa shape index (κ3) is 2.82. The molecule has 10 heteroatoms. The molecule has 0 aromatic carbocycles. The van der Waals surface area contributed by atoms with E-state index in [-0.39, 0.29) is 6.04 Å². The zero-order valence-corrected chi connectivity index (χ0v) is 13.4. The highest BCUT2D eigenvalue weighted by Crippen LogP contribution is 2.21. The standard InChI is InChI=1S/C13H17N7O2S/c1-3-23(21,22)20-5-4-19(7-9(20)2)13-15-6-10-11(18-13)12(14)17-8-16-10/h3,6,8-9H,1,4-5,7H2,2H3,(H2,14,16,17). The van der Waals surface area contributed by atoms with Crippen LogP contribution in [0.25, 0.3) is 11.0 Å². The molecular formula is C13H17N7O2S. The summed E-state index contributed by atoms with van der Waals surface area (Å²) in [5.41, 5.74) is 6.88. The van der Waals surface area contributed by atoms with Crippen LogP contribution in [0.2, 0.25) is 0 Å². The molecule has 1 unspecified atom stereocenters. The van der Waals surface area contributed by atoms with Gasteiger partial charge < -0.3 is 10.6 Å². The van der Waals surface area contributed by atoms with Gasteiger partial charge in [-0.1, -0.05) is 6.58 Å². The number of hydrogen-bond acceptors (Lipinski definition) is 8. The average Bonchev–Trinajstić information content (AvgIpc) is 2.54. The molecule has 0 radical (unpaired) electrons. The van der Waals surface area contributed by atoms with Gasteiger partial charge in [0.15, 0.2) is 5.82 Å². The number of aromatic nitrogens is 4. The zero-order chi connectivity index (χ0) is 16.6. The maximum Gasteiger partial charge on any atom is 0.235 e. The lowest BCUT2D eigenvalue weighted by Gasteiger charge is -2.38. The summed E-state index contributed by atoms with van der Waals surface area (Å²) in [5.74, 6) is 0.779. The normalized spacial score (nSPS) is 19.9. The molecule has 23 heavy (non-hydrogen) atoms. The van der Waals surface area contributed by atoms with Crippen LogP contribution in [-0.2, 0) is 10.0 Å². The van der Waals surface area contributed by atoms with Crippen LogP contribution < -0.4 is 10.6 Å². The van der Waals surface area contributed by atoms with Gasteiger partial charge in [0.25, 0.3) is 0 Å². The summed E-state index contributed by atoms with van der Waals surface area (Å²) < 4.78 is 25.3. The summed E-state index contributed by atoms with van der Waals surface area (Å²) in [6.07, 6.45) is 2.95. The highest BCUT2D eigenvalue weighted by Gasteiger charge is 2.31.